The molecule has 2 aliphatic heterocycles. The highest BCUT2D eigenvalue weighted by atomic mass is 16.5. The van der Waals surface area contributed by atoms with Crippen molar-refractivity contribution in [2.24, 2.45) is 0 Å². The molecule has 0 spiro atoms. The van der Waals surface area contributed by atoms with Crippen LogP contribution in [0.4, 0.5) is 5.69 Å². The van der Waals surface area contributed by atoms with Gasteiger partial charge in [0.15, 0.2) is 6.61 Å². The van der Waals surface area contributed by atoms with Gasteiger partial charge in [-0.2, -0.15) is 0 Å². The zero-order chi connectivity index (χ0) is 24.6. The number of carbonyl (C=O) groups is 2. The van der Waals surface area contributed by atoms with Gasteiger partial charge in [-0.05, 0) is 64.8 Å². The quantitative estimate of drug-likeness (QED) is 0.497. The summed E-state index contributed by atoms with van der Waals surface area (Å²) in [7, 11) is 0. The summed E-state index contributed by atoms with van der Waals surface area (Å²) >= 11 is 0. The number of hydrogen-bond donors (Lipinski definition) is 0. The highest BCUT2D eigenvalue weighted by Crippen LogP contribution is 2.38. The van der Waals surface area contributed by atoms with E-state index in [9.17, 15) is 9.59 Å². The first kappa shape index (κ1) is 23.2. The normalized spacial score (nSPS) is 15.3. The van der Waals surface area contributed by atoms with Crippen molar-refractivity contribution < 1.29 is 14.3 Å². The summed E-state index contributed by atoms with van der Waals surface area (Å²) in [6.07, 6.45) is 1.86. The molecule has 2 amide bonds. The van der Waals surface area contributed by atoms with E-state index in [1.165, 1.54) is 16.7 Å². The van der Waals surface area contributed by atoms with E-state index in [4.69, 9.17) is 4.74 Å². The van der Waals surface area contributed by atoms with E-state index < -0.39 is 0 Å². The Balaban J connectivity index is 1.39. The molecule has 0 bridgehead atoms. The molecule has 0 N–H and O–H groups in total. The topological polar surface area (TPSA) is 49.9 Å². The third kappa shape index (κ3) is 4.55. The predicted molar refractivity (Wildman–Crippen MR) is 138 cm³/mol. The minimum atomic E-state index is -0.0756. The summed E-state index contributed by atoms with van der Waals surface area (Å²) in [5.41, 5.74) is 6.09. The van der Waals surface area contributed by atoms with Gasteiger partial charge in [0.1, 0.15) is 5.75 Å². The summed E-state index contributed by atoms with van der Waals surface area (Å²) in [5.74, 6) is 0.676. The second kappa shape index (κ2) is 9.21. The first-order chi connectivity index (χ1) is 16.9. The Kier molecular flexibility index (Phi) is 6.10. The Morgan fingerprint density at radius 1 is 1.00 bits per heavy atom. The number of rotatable bonds is 5. The number of hydrogen-bond acceptors (Lipinski definition) is 3. The fraction of sp³-hybridized carbons (Fsp3) is 0.333. The van der Waals surface area contributed by atoms with Gasteiger partial charge in [-0.1, -0.05) is 63.2 Å². The summed E-state index contributed by atoms with van der Waals surface area (Å²) in [6.45, 7) is 8.35. The fourth-order valence-electron chi connectivity index (χ4n) is 4.84. The second-order valence-corrected chi connectivity index (χ2v) is 10.1. The molecule has 0 saturated heterocycles. The van der Waals surface area contributed by atoms with Crippen LogP contribution in [0, 0.1) is 0 Å². The van der Waals surface area contributed by atoms with Gasteiger partial charge in [-0.15, -0.1) is 0 Å². The van der Waals surface area contributed by atoms with E-state index in [-0.39, 0.29) is 23.8 Å². The molecule has 0 saturated carbocycles. The van der Waals surface area contributed by atoms with Gasteiger partial charge in [0, 0.05) is 18.7 Å². The Morgan fingerprint density at radius 3 is 2.60 bits per heavy atom. The van der Waals surface area contributed by atoms with Crippen LogP contribution in [0.15, 0.2) is 66.7 Å². The maximum absolute atomic E-state index is 13.3. The van der Waals surface area contributed by atoms with Crippen molar-refractivity contribution in [2.45, 2.75) is 52.1 Å². The van der Waals surface area contributed by atoms with Crippen LogP contribution in [0.3, 0.4) is 0 Å². The minimum absolute atomic E-state index is 0.000587. The van der Waals surface area contributed by atoms with Crippen LogP contribution in [0.5, 0.6) is 5.75 Å². The third-order valence-electron chi connectivity index (χ3n) is 7.50. The van der Waals surface area contributed by atoms with Crippen molar-refractivity contribution in [3.05, 3.63) is 94.5 Å². The van der Waals surface area contributed by atoms with E-state index in [0.29, 0.717) is 25.2 Å². The van der Waals surface area contributed by atoms with E-state index in [1.807, 2.05) is 41.3 Å². The number of ether oxygens (including phenoxy) is 1. The van der Waals surface area contributed by atoms with Crippen molar-refractivity contribution in [1.29, 1.82) is 0 Å². The van der Waals surface area contributed by atoms with Gasteiger partial charge in [-0.25, -0.2) is 0 Å². The average Bonchev–Trinajstić information content (AvgIpc) is 2.89. The van der Waals surface area contributed by atoms with E-state index >= 15 is 0 Å². The largest absolute Gasteiger partial charge is 0.482 e. The molecule has 3 aromatic carbocycles. The van der Waals surface area contributed by atoms with Crippen LogP contribution in [0.1, 0.15) is 59.8 Å². The molecule has 0 aromatic heterocycles. The molecule has 0 atom stereocenters. The van der Waals surface area contributed by atoms with Crippen LogP contribution < -0.4 is 9.64 Å². The molecule has 5 nitrogen and oxygen atoms in total. The van der Waals surface area contributed by atoms with Crippen molar-refractivity contribution in [3.8, 4) is 5.75 Å². The molecular formula is C30H32N2O3. The number of carbonyl (C=O) groups excluding carboxylic acids is 2. The molecule has 5 heteroatoms. The van der Waals surface area contributed by atoms with Crippen LogP contribution in [-0.2, 0) is 29.7 Å². The van der Waals surface area contributed by atoms with Crippen molar-refractivity contribution in [2.75, 3.05) is 18.1 Å². The Labute approximate surface area is 207 Å². The smallest absolute Gasteiger partial charge is 0.265 e. The molecule has 0 radical (unpaired) electrons. The van der Waals surface area contributed by atoms with Crippen LogP contribution in [0.2, 0.25) is 0 Å². The zero-order valence-corrected chi connectivity index (χ0v) is 20.7. The van der Waals surface area contributed by atoms with Crippen LogP contribution >= 0.6 is 0 Å². The van der Waals surface area contributed by atoms with Gasteiger partial charge in [0.25, 0.3) is 11.8 Å². The molecule has 5 rings (SSSR count). The van der Waals surface area contributed by atoms with E-state index in [2.05, 4.69) is 51.1 Å². The highest BCUT2D eigenvalue weighted by molar-refractivity contribution is 5.98. The average molecular weight is 469 g/mol. The van der Waals surface area contributed by atoms with Crippen molar-refractivity contribution in [3.63, 3.8) is 0 Å². The monoisotopic (exact) mass is 468 g/mol. The van der Waals surface area contributed by atoms with E-state index in [0.717, 1.165) is 29.8 Å². The lowest BCUT2D eigenvalue weighted by Crippen LogP contribution is -2.38. The molecule has 35 heavy (non-hydrogen) atoms. The Bertz CT molecular complexity index is 1280. The molecule has 0 fully saturated rings. The van der Waals surface area contributed by atoms with Gasteiger partial charge < -0.3 is 14.5 Å². The first-order valence-corrected chi connectivity index (χ1v) is 12.4. The van der Waals surface area contributed by atoms with Gasteiger partial charge in [0.2, 0.25) is 0 Å². The number of anilines is 1. The molecule has 3 aromatic rings. The number of fused-ring (bicyclic) bond motifs is 2. The standard InChI is InChI=1S/C30H32N2O3/c1-4-30(2,3)25-12-13-27-26(17-25)32(28(33)20-35-27)18-21-8-7-11-23(16-21)29(34)31-15-14-22-9-5-6-10-24(22)19-31/h5-13,16-17H,4,14-15,18-20H2,1-3H3. The molecule has 2 heterocycles. The first-order valence-electron chi connectivity index (χ1n) is 12.4. The maximum atomic E-state index is 13.3. The van der Waals surface area contributed by atoms with Crippen LogP contribution in [-0.4, -0.2) is 29.9 Å². The molecule has 2 aliphatic rings. The summed E-state index contributed by atoms with van der Waals surface area (Å²) in [5, 5.41) is 0. The molecular weight excluding hydrogens is 436 g/mol. The molecule has 0 aliphatic carbocycles. The zero-order valence-electron chi connectivity index (χ0n) is 20.7. The predicted octanol–water partition coefficient (Wildman–Crippen LogP) is 5.50. The Hall–Kier alpha value is -3.60. The van der Waals surface area contributed by atoms with Gasteiger partial charge in [-0.3, -0.25) is 9.59 Å². The van der Waals surface area contributed by atoms with Crippen molar-refractivity contribution >= 4 is 17.5 Å². The molecule has 0 unspecified atom stereocenters. The SMILES string of the molecule is CCC(C)(C)c1ccc2c(c1)N(Cc1cccc(C(=O)N3CCc4ccccc4C3)c1)C(=O)CO2. The third-order valence-corrected chi connectivity index (χ3v) is 7.50. The second-order valence-electron chi connectivity index (χ2n) is 10.1. The van der Waals surface area contributed by atoms with E-state index in [1.54, 1.807) is 4.90 Å². The number of amides is 2. The highest BCUT2D eigenvalue weighted by Gasteiger charge is 2.29. The minimum Gasteiger partial charge on any atom is -0.482 e. The summed E-state index contributed by atoms with van der Waals surface area (Å²) in [4.78, 5) is 29.9. The lowest BCUT2D eigenvalue weighted by molar-refractivity contribution is -0.121. The fourth-order valence-corrected chi connectivity index (χ4v) is 4.84. The summed E-state index contributed by atoms with van der Waals surface area (Å²) < 4.78 is 5.72. The lowest BCUT2D eigenvalue weighted by Gasteiger charge is -2.32. The maximum Gasteiger partial charge on any atom is 0.265 e. The van der Waals surface area contributed by atoms with Crippen molar-refractivity contribution in [1.82, 2.24) is 4.90 Å². The van der Waals surface area contributed by atoms with Crippen LogP contribution in [0.25, 0.3) is 0 Å². The Morgan fingerprint density at radius 2 is 1.80 bits per heavy atom. The lowest BCUT2D eigenvalue weighted by atomic mass is 9.82. The van der Waals surface area contributed by atoms with Gasteiger partial charge in [0.05, 0.1) is 12.2 Å². The molecule has 180 valence electrons. The van der Waals surface area contributed by atoms with Gasteiger partial charge >= 0.3 is 0 Å². The number of nitrogens with zero attached hydrogens (tertiary/aromatic N) is 2. The summed E-state index contributed by atoms with van der Waals surface area (Å²) in [6, 6.07) is 22.1. The number of benzene rings is 3.